The first-order valence-corrected chi connectivity index (χ1v) is 16.4. The maximum Gasteiger partial charge on any atom is 0.164 e. The van der Waals surface area contributed by atoms with E-state index < -0.39 is 0 Å². The van der Waals surface area contributed by atoms with Crippen LogP contribution in [0.25, 0.3) is 87.6 Å². The molecule has 0 saturated carbocycles. The molecule has 3 aromatic heterocycles. The standard InChI is InChI=1S/C42H26N4S/c1-3-11-27(12-4-1)39-44-40(28-13-5-2-6-14-28)46-41(45-39)32-17-9-15-29(26-32)30-21-22-33-31(25-30)16-10-19-34(33)37-24-23-36-35-18-7-8-20-38(35)47-42(36)43-37/h1-26H. The van der Waals surface area contributed by atoms with E-state index in [1.807, 2.05) is 60.7 Å². The molecule has 0 atom stereocenters. The molecule has 5 heteroatoms. The molecule has 0 aliphatic carbocycles. The first kappa shape index (κ1) is 27.3. The second-order valence-corrected chi connectivity index (χ2v) is 12.5. The van der Waals surface area contributed by atoms with Gasteiger partial charge in [-0.15, -0.1) is 11.3 Å². The summed E-state index contributed by atoms with van der Waals surface area (Å²) in [4.78, 5) is 20.9. The summed E-state index contributed by atoms with van der Waals surface area (Å²) >= 11 is 1.75. The van der Waals surface area contributed by atoms with E-state index in [1.165, 1.54) is 26.2 Å². The minimum Gasteiger partial charge on any atom is -0.237 e. The Labute approximate surface area is 275 Å². The van der Waals surface area contributed by atoms with Crippen molar-refractivity contribution in [1.29, 1.82) is 0 Å². The van der Waals surface area contributed by atoms with Crippen molar-refractivity contribution in [2.45, 2.75) is 0 Å². The Balaban J connectivity index is 1.11. The molecule has 0 radical (unpaired) electrons. The zero-order valence-electron chi connectivity index (χ0n) is 25.2. The van der Waals surface area contributed by atoms with Crippen molar-refractivity contribution in [3.8, 4) is 56.5 Å². The molecule has 9 rings (SSSR count). The number of hydrogen-bond donors (Lipinski definition) is 0. The lowest BCUT2D eigenvalue weighted by Gasteiger charge is -2.11. The second-order valence-electron chi connectivity index (χ2n) is 11.5. The Kier molecular flexibility index (Phi) is 6.61. The van der Waals surface area contributed by atoms with Gasteiger partial charge in [0.25, 0.3) is 0 Å². The van der Waals surface area contributed by atoms with Crippen LogP contribution in [0.4, 0.5) is 0 Å². The molecule has 220 valence electrons. The Bertz CT molecular complexity index is 2520. The van der Waals surface area contributed by atoms with E-state index in [0.29, 0.717) is 17.5 Å². The van der Waals surface area contributed by atoms with Crippen molar-refractivity contribution in [1.82, 2.24) is 19.9 Å². The first-order chi connectivity index (χ1) is 23.3. The molecular formula is C42H26N4S. The van der Waals surface area contributed by atoms with E-state index >= 15 is 0 Å². The largest absolute Gasteiger partial charge is 0.237 e. The predicted molar refractivity (Wildman–Crippen MR) is 195 cm³/mol. The summed E-state index contributed by atoms with van der Waals surface area (Å²) in [5.74, 6) is 1.95. The monoisotopic (exact) mass is 618 g/mol. The molecule has 9 aromatic rings. The molecule has 0 fully saturated rings. The number of nitrogens with zero attached hydrogens (tertiary/aromatic N) is 4. The van der Waals surface area contributed by atoms with Crippen molar-refractivity contribution < 1.29 is 0 Å². The second kappa shape index (κ2) is 11.4. The van der Waals surface area contributed by atoms with Gasteiger partial charge in [0.05, 0.1) is 5.69 Å². The summed E-state index contributed by atoms with van der Waals surface area (Å²) in [7, 11) is 0. The molecule has 0 unspecified atom stereocenters. The lowest BCUT2D eigenvalue weighted by atomic mass is 9.96. The van der Waals surface area contributed by atoms with Gasteiger partial charge in [0.1, 0.15) is 4.83 Å². The van der Waals surface area contributed by atoms with E-state index in [9.17, 15) is 0 Å². The van der Waals surface area contributed by atoms with Crippen LogP contribution in [0.15, 0.2) is 158 Å². The molecule has 0 aliphatic heterocycles. The molecule has 0 bridgehead atoms. The number of hydrogen-bond acceptors (Lipinski definition) is 5. The lowest BCUT2D eigenvalue weighted by molar-refractivity contribution is 1.07. The highest BCUT2D eigenvalue weighted by Gasteiger charge is 2.14. The average molecular weight is 619 g/mol. The van der Waals surface area contributed by atoms with Gasteiger partial charge < -0.3 is 0 Å². The van der Waals surface area contributed by atoms with Crippen LogP contribution in [0, 0.1) is 0 Å². The van der Waals surface area contributed by atoms with Gasteiger partial charge in [-0.1, -0.05) is 127 Å². The van der Waals surface area contributed by atoms with Crippen LogP contribution in [-0.2, 0) is 0 Å². The highest BCUT2D eigenvalue weighted by molar-refractivity contribution is 7.25. The molecule has 4 nitrogen and oxygen atoms in total. The maximum atomic E-state index is 5.12. The summed E-state index contributed by atoms with van der Waals surface area (Å²) in [6, 6.07) is 54.6. The third-order valence-corrected chi connectivity index (χ3v) is 9.63. The quantitative estimate of drug-likeness (QED) is 0.193. The normalized spacial score (nSPS) is 11.4. The van der Waals surface area contributed by atoms with Crippen molar-refractivity contribution >= 4 is 42.4 Å². The van der Waals surface area contributed by atoms with Gasteiger partial charge in [0.15, 0.2) is 17.5 Å². The number of fused-ring (bicyclic) bond motifs is 4. The number of aromatic nitrogens is 4. The summed E-state index contributed by atoms with van der Waals surface area (Å²) in [6.45, 7) is 0. The molecule has 6 aromatic carbocycles. The van der Waals surface area contributed by atoms with Gasteiger partial charge in [-0.25, -0.2) is 19.9 Å². The van der Waals surface area contributed by atoms with Crippen molar-refractivity contribution in [2.24, 2.45) is 0 Å². The van der Waals surface area contributed by atoms with E-state index in [4.69, 9.17) is 19.9 Å². The Morgan fingerprint density at radius 3 is 1.72 bits per heavy atom. The van der Waals surface area contributed by atoms with E-state index in [0.717, 1.165) is 43.9 Å². The number of benzene rings is 6. The molecular weight excluding hydrogens is 593 g/mol. The molecule has 0 N–H and O–H groups in total. The highest BCUT2D eigenvalue weighted by atomic mass is 32.1. The third kappa shape index (κ3) is 5.03. The fourth-order valence-electron chi connectivity index (χ4n) is 6.22. The summed E-state index contributed by atoms with van der Waals surface area (Å²) in [5.41, 5.74) is 7.20. The van der Waals surface area contributed by atoms with Crippen molar-refractivity contribution in [3.05, 3.63) is 158 Å². The molecule has 0 saturated heterocycles. The molecule has 3 heterocycles. The lowest BCUT2D eigenvalue weighted by Crippen LogP contribution is -2.00. The van der Waals surface area contributed by atoms with Crippen LogP contribution in [0.5, 0.6) is 0 Å². The van der Waals surface area contributed by atoms with Crippen LogP contribution in [0.1, 0.15) is 0 Å². The number of pyridine rings is 1. The number of rotatable bonds is 5. The molecule has 47 heavy (non-hydrogen) atoms. The highest BCUT2D eigenvalue weighted by Crippen LogP contribution is 2.37. The first-order valence-electron chi connectivity index (χ1n) is 15.6. The summed E-state index contributed by atoms with van der Waals surface area (Å²) in [5, 5.41) is 4.82. The predicted octanol–water partition coefficient (Wildman–Crippen LogP) is 11.1. The summed E-state index contributed by atoms with van der Waals surface area (Å²) < 4.78 is 1.27. The van der Waals surface area contributed by atoms with Crippen LogP contribution in [-0.4, -0.2) is 19.9 Å². The fraction of sp³-hybridized carbons (Fsp3) is 0. The van der Waals surface area contributed by atoms with Crippen LogP contribution in [0.2, 0.25) is 0 Å². The molecule has 0 aliphatic rings. The SMILES string of the molecule is c1ccc(-c2nc(-c3ccccc3)nc(-c3cccc(-c4ccc5c(-c6ccc7c(n6)sc6ccccc67)cccc5c4)c3)n2)cc1. The zero-order chi connectivity index (χ0) is 31.2. The minimum atomic E-state index is 0.644. The van der Waals surface area contributed by atoms with Gasteiger partial charge in [-0.05, 0) is 52.2 Å². The van der Waals surface area contributed by atoms with E-state index in [1.54, 1.807) is 11.3 Å². The zero-order valence-corrected chi connectivity index (χ0v) is 26.0. The van der Waals surface area contributed by atoms with Gasteiger partial charge >= 0.3 is 0 Å². The number of thiophene rings is 1. The Hall–Kier alpha value is -6.04. The molecule has 0 spiro atoms. The van der Waals surface area contributed by atoms with Crippen LogP contribution >= 0.6 is 11.3 Å². The maximum absolute atomic E-state index is 5.12. The van der Waals surface area contributed by atoms with Crippen molar-refractivity contribution in [2.75, 3.05) is 0 Å². The Morgan fingerprint density at radius 2 is 0.957 bits per heavy atom. The topological polar surface area (TPSA) is 51.6 Å². The Morgan fingerprint density at radius 1 is 0.362 bits per heavy atom. The summed E-state index contributed by atoms with van der Waals surface area (Å²) in [6.07, 6.45) is 0. The van der Waals surface area contributed by atoms with Crippen LogP contribution in [0.3, 0.4) is 0 Å². The average Bonchev–Trinajstić information content (AvgIpc) is 3.53. The smallest absolute Gasteiger partial charge is 0.164 e. The van der Waals surface area contributed by atoms with Gasteiger partial charge in [0.2, 0.25) is 0 Å². The van der Waals surface area contributed by atoms with Gasteiger partial charge in [-0.2, -0.15) is 0 Å². The molecule has 0 amide bonds. The van der Waals surface area contributed by atoms with Gasteiger partial charge in [-0.3, -0.25) is 0 Å². The van der Waals surface area contributed by atoms with Crippen molar-refractivity contribution in [3.63, 3.8) is 0 Å². The van der Waals surface area contributed by atoms with Gasteiger partial charge in [0, 0.05) is 37.7 Å². The fourth-order valence-corrected chi connectivity index (χ4v) is 7.29. The third-order valence-electron chi connectivity index (χ3n) is 8.55. The van der Waals surface area contributed by atoms with Crippen LogP contribution < -0.4 is 0 Å². The van der Waals surface area contributed by atoms with E-state index in [-0.39, 0.29) is 0 Å². The minimum absolute atomic E-state index is 0.644. The van der Waals surface area contributed by atoms with E-state index in [2.05, 4.69) is 97.1 Å².